The number of anilines is 1. The van der Waals surface area contributed by atoms with Crippen molar-refractivity contribution in [3.05, 3.63) is 81.7 Å². The van der Waals surface area contributed by atoms with Gasteiger partial charge in [-0.3, -0.25) is 9.59 Å². The Labute approximate surface area is 229 Å². The van der Waals surface area contributed by atoms with Crippen LogP contribution in [-0.4, -0.2) is 68.2 Å². The Balaban J connectivity index is 1.62. The number of nitrogens with zero attached hydrogens (tertiary/aromatic N) is 3. The zero-order chi connectivity index (χ0) is 27.5. The molecule has 1 aromatic heterocycles. The monoisotopic (exact) mass is 535 g/mol. The molecular formula is C29H37N5O3S. The van der Waals surface area contributed by atoms with Crippen LogP contribution in [0.15, 0.2) is 59.0 Å². The standard InChI is InChI=1S/C29H37N5O3S/c1-6-34(7-2)16-15-33(4)19-23-9-8-10-24(17-23)27(35)31-29-26(21(3)20-38-29)28(36)32-30-18-22-11-13-25(37-5)14-12-22/h8-14,17-18,20H,6-7,15-16,19H2,1-5H3,(H,31,35)(H,32,36)/b30-18+. The number of hydrogen-bond acceptors (Lipinski definition) is 7. The summed E-state index contributed by atoms with van der Waals surface area (Å²) in [6, 6.07) is 14.9. The minimum atomic E-state index is -0.382. The summed E-state index contributed by atoms with van der Waals surface area (Å²) in [7, 11) is 3.69. The second-order valence-corrected chi connectivity index (χ2v) is 9.89. The molecule has 0 bridgehead atoms. The van der Waals surface area contributed by atoms with Crippen molar-refractivity contribution < 1.29 is 14.3 Å². The Hall–Kier alpha value is -3.53. The largest absolute Gasteiger partial charge is 0.497 e. The first-order chi connectivity index (χ1) is 18.3. The average Bonchev–Trinajstić information content (AvgIpc) is 3.29. The maximum Gasteiger partial charge on any atom is 0.274 e. The highest BCUT2D eigenvalue weighted by Gasteiger charge is 2.19. The van der Waals surface area contributed by atoms with Crippen molar-refractivity contribution in [3.8, 4) is 5.75 Å². The smallest absolute Gasteiger partial charge is 0.274 e. The zero-order valence-corrected chi connectivity index (χ0v) is 23.6. The molecule has 0 unspecified atom stereocenters. The van der Waals surface area contributed by atoms with Crippen molar-refractivity contribution >= 4 is 34.4 Å². The Morgan fingerprint density at radius 2 is 1.79 bits per heavy atom. The van der Waals surface area contributed by atoms with Gasteiger partial charge in [-0.25, -0.2) is 5.43 Å². The molecule has 0 saturated heterocycles. The lowest BCUT2D eigenvalue weighted by Crippen LogP contribution is -2.32. The Morgan fingerprint density at radius 3 is 2.47 bits per heavy atom. The predicted molar refractivity (Wildman–Crippen MR) is 156 cm³/mol. The van der Waals surface area contributed by atoms with E-state index in [0.717, 1.165) is 55.2 Å². The van der Waals surface area contributed by atoms with Crippen LogP contribution in [0.4, 0.5) is 5.00 Å². The second-order valence-electron chi connectivity index (χ2n) is 9.01. The first-order valence-corrected chi connectivity index (χ1v) is 13.6. The molecule has 0 spiro atoms. The second kappa shape index (κ2) is 14.4. The minimum Gasteiger partial charge on any atom is -0.497 e. The number of aryl methyl sites for hydroxylation is 1. The fourth-order valence-corrected chi connectivity index (χ4v) is 4.89. The number of carbonyl (C=O) groups excluding carboxylic acids is 2. The number of thiophene rings is 1. The van der Waals surface area contributed by atoms with Gasteiger partial charge in [-0.2, -0.15) is 5.10 Å². The summed E-state index contributed by atoms with van der Waals surface area (Å²) in [5.41, 5.74) is 6.17. The van der Waals surface area contributed by atoms with Gasteiger partial charge in [-0.15, -0.1) is 11.3 Å². The highest BCUT2D eigenvalue weighted by Crippen LogP contribution is 2.28. The van der Waals surface area contributed by atoms with Crippen LogP contribution in [0.1, 0.15) is 51.3 Å². The number of rotatable bonds is 13. The zero-order valence-electron chi connectivity index (χ0n) is 22.8. The SMILES string of the molecule is CCN(CC)CCN(C)Cc1cccc(C(=O)Nc2scc(C)c2C(=O)N/N=C/c2ccc(OC)cc2)c1. The summed E-state index contributed by atoms with van der Waals surface area (Å²) in [5.74, 6) is 0.107. The third kappa shape index (κ3) is 8.24. The van der Waals surface area contributed by atoms with Crippen LogP contribution in [0.2, 0.25) is 0 Å². The van der Waals surface area contributed by atoms with Gasteiger partial charge in [0.25, 0.3) is 11.8 Å². The van der Waals surface area contributed by atoms with Gasteiger partial charge in [-0.05, 0) is 85.5 Å². The van der Waals surface area contributed by atoms with E-state index in [4.69, 9.17) is 4.74 Å². The number of methoxy groups -OCH3 is 1. The average molecular weight is 536 g/mol. The van der Waals surface area contributed by atoms with E-state index in [0.29, 0.717) is 16.1 Å². The van der Waals surface area contributed by atoms with Gasteiger partial charge in [0.1, 0.15) is 10.8 Å². The summed E-state index contributed by atoms with van der Waals surface area (Å²) in [6.45, 7) is 11.0. The van der Waals surface area contributed by atoms with E-state index in [1.165, 1.54) is 11.3 Å². The molecule has 2 N–H and O–H groups in total. The molecule has 2 amide bonds. The van der Waals surface area contributed by atoms with Crippen molar-refractivity contribution in [1.29, 1.82) is 0 Å². The first-order valence-electron chi connectivity index (χ1n) is 12.7. The number of hydrazone groups is 1. The van der Waals surface area contributed by atoms with Crippen LogP contribution in [0.3, 0.4) is 0 Å². The number of nitrogens with one attached hydrogen (secondary N) is 2. The van der Waals surface area contributed by atoms with Crippen molar-refractivity contribution in [2.24, 2.45) is 5.10 Å². The highest BCUT2D eigenvalue weighted by molar-refractivity contribution is 7.15. The van der Waals surface area contributed by atoms with Gasteiger partial charge < -0.3 is 19.9 Å². The fourth-order valence-electron chi connectivity index (χ4n) is 3.96. The molecule has 1 heterocycles. The van der Waals surface area contributed by atoms with Crippen molar-refractivity contribution in [3.63, 3.8) is 0 Å². The molecule has 9 heteroatoms. The van der Waals surface area contributed by atoms with Crippen LogP contribution in [-0.2, 0) is 6.54 Å². The molecule has 3 aromatic rings. The van der Waals surface area contributed by atoms with E-state index in [1.807, 2.05) is 54.8 Å². The van der Waals surface area contributed by atoms with Crippen LogP contribution in [0.5, 0.6) is 5.75 Å². The number of likely N-dealkylation sites (N-methyl/N-ethyl adjacent to an activating group) is 2. The number of hydrogen-bond donors (Lipinski definition) is 2. The van der Waals surface area contributed by atoms with Crippen LogP contribution >= 0.6 is 11.3 Å². The van der Waals surface area contributed by atoms with Gasteiger partial charge in [0.2, 0.25) is 0 Å². The van der Waals surface area contributed by atoms with Gasteiger partial charge in [0.05, 0.1) is 18.9 Å². The molecule has 2 aromatic carbocycles. The highest BCUT2D eigenvalue weighted by atomic mass is 32.1. The molecule has 0 aliphatic carbocycles. The molecule has 3 rings (SSSR count). The summed E-state index contributed by atoms with van der Waals surface area (Å²) < 4.78 is 5.15. The Kier molecular flexibility index (Phi) is 11.0. The van der Waals surface area contributed by atoms with Crippen LogP contribution in [0, 0.1) is 6.92 Å². The van der Waals surface area contributed by atoms with Gasteiger partial charge in [0.15, 0.2) is 0 Å². The van der Waals surface area contributed by atoms with Crippen molar-refractivity contribution in [2.75, 3.05) is 45.7 Å². The molecular weight excluding hydrogens is 498 g/mol. The van der Waals surface area contributed by atoms with E-state index in [-0.39, 0.29) is 11.8 Å². The topological polar surface area (TPSA) is 86.3 Å². The van der Waals surface area contributed by atoms with Gasteiger partial charge in [-0.1, -0.05) is 26.0 Å². The van der Waals surface area contributed by atoms with Gasteiger partial charge >= 0.3 is 0 Å². The lowest BCUT2D eigenvalue weighted by atomic mass is 10.1. The summed E-state index contributed by atoms with van der Waals surface area (Å²) in [4.78, 5) is 30.6. The molecule has 0 atom stereocenters. The maximum atomic E-state index is 13.1. The van der Waals surface area contributed by atoms with E-state index >= 15 is 0 Å². The fraction of sp³-hybridized carbons (Fsp3) is 0.345. The minimum absolute atomic E-state index is 0.254. The lowest BCUT2D eigenvalue weighted by Gasteiger charge is -2.23. The van der Waals surface area contributed by atoms with E-state index < -0.39 is 0 Å². The van der Waals surface area contributed by atoms with E-state index in [2.05, 4.69) is 46.5 Å². The Morgan fingerprint density at radius 1 is 1.05 bits per heavy atom. The number of amides is 2. The Bertz CT molecular complexity index is 1240. The molecule has 0 aliphatic heterocycles. The molecule has 0 fully saturated rings. The lowest BCUT2D eigenvalue weighted by molar-refractivity contribution is 0.0956. The molecule has 38 heavy (non-hydrogen) atoms. The normalized spacial score (nSPS) is 11.3. The molecule has 0 radical (unpaired) electrons. The van der Waals surface area contributed by atoms with E-state index in [9.17, 15) is 9.59 Å². The first kappa shape index (κ1) is 29.0. The number of carbonyl (C=O) groups is 2. The van der Waals surface area contributed by atoms with Gasteiger partial charge in [0, 0.05) is 25.2 Å². The summed E-state index contributed by atoms with van der Waals surface area (Å²) in [5, 5.41) is 9.32. The molecule has 8 nitrogen and oxygen atoms in total. The summed E-state index contributed by atoms with van der Waals surface area (Å²) in [6.07, 6.45) is 1.56. The third-order valence-electron chi connectivity index (χ3n) is 6.26. The number of benzene rings is 2. The van der Waals surface area contributed by atoms with Crippen LogP contribution < -0.4 is 15.5 Å². The molecule has 0 aliphatic rings. The number of ether oxygens (including phenoxy) is 1. The maximum absolute atomic E-state index is 13.1. The van der Waals surface area contributed by atoms with Crippen molar-refractivity contribution in [1.82, 2.24) is 15.2 Å². The van der Waals surface area contributed by atoms with Crippen molar-refractivity contribution in [2.45, 2.75) is 27.3 Å². The quantitative estimate of drug-likeness (QED) is 0.241. The van der Waals surface area contributed by atoms with E-state index in [1.54, 1.807) is 19.4 Å². The molecule has 0 saturated carbocycles. The third-order valence-corrected chi connectivity index (χ3v) is 7.27. The van der Waals surface area contributed by atoms with Crippen LogP contribution in [0.25, 0.3) is 0 Å². The summed E-state index contributed by atoms with van der Waals surface area (Å²) >= 11 is 1.32. The molecule has 202 valence electrons. The predicted octanol–water partition coefficient (Wildman–Crippen LogP) is 4.85.